The summed E-state index contributed by atoms with van der Waals surface area (Å²) in [4.78, 5) is 11.4. The van der Waals surface area contributed by atoms with E-state index in [9.17, 15) is 19.4 Å². The van der Waals surface area contributed by atoms with Gasteiger partial charge in [0.05, 0.1) is 0 Å². The van der Waals surface area contributed by atoms with Crippen molar-refractivity contribution < 1.29 is 19.4 Å². The van der Waals surface area contributed by atoms with Gasteiger partial charge in [-0.25, -0.2) is 4.39 Å². The number of unbranched alkanes of at least 4 members (excludes halogenated alkanes) is 2. The first-order valence-corrected chi connectivity index (χ1v) is 9.50. The van der Waals surface area contributed by atoms with E-state index in [0.29, 0.717) is 19.5 Å². The van der Waals surface area contributed by atoms with Crippen LogP contribution in [0, 0.1) is 5.82 Å². The summed E-state index contributed by atoms with van der Waals surface area (Å²) in [6, 6.07) is 12.5. The Morgan fingerprint density at radius 1 is 1.04 bits per heavy atom. The Kier molecular flexibility index (Phi) is 11.5. The number of halogens is 2. The van der Waals surface area contributed by atoms with Crippen LogP contribution in [-0.2, 0) is 11.3 Å². The molecule has 0 fully saturated rings. The number of hydrogen-bond donors (Lipinski definition) is 2. The summed E-state index contributed by atoms with van der Waals surface area (Å²) in [6.45, 7) is 1.13. The summed E-state index contributed by atoms with van der Waals surface area (Å²) in [5.74, 6) is -0.229. The lowest BCUT2D eigenvalue weighted by atomic mass is 10.2. The van der Waals surface area contributed by atoms with Gasteiger partial charge in [0.1, 0.15) is 5.82 Å². The molecule has 2 rings (SSSR count). The molecule has 0 saturated heterocycles. The molecule has 0 atom stereocenters. The van der Waals surface area contributed by atoms with Gasteiger partial charge in [0.15, 0.2) is 0 Å². The monoisotopic (exact) mass is 438 g/mol. The van der Waals surface area contributed by atoms with Crippen LogP contribution in [0.25, 0.3) is 0 Å². The highest BCUT2D eigenvalue weighted by molar-refractivity contribution is 9.10. The summed E-state index contributed by atoms with van der Waals surface area (Å²) in [5.41, 5.74) is 6.55. The topological polar surface area (TPSA) is 101 Å². The Balaban J connectivity index is 0.000000309. The zero-order chi connectivity index (χ0) is 20.1. The second kappa shape index (κ2) is 13.4. The van der Waals surface area contributed by atoms with Crippen LogP contribution in [0.4, 0.5) is 4.39 Å². The molecule has 0 aromatic heterocycles. The van der Waals surface area contributed by atoms with Gasteiger partial charge in [-0.2, -0.15) is 6.29 Å². The third-order valence-electron chi connectivity index (χ3n) is 3.65. The Morgan fingerprint density at radius 3 is 2.22 bits per heavy atom. The van der Waals surface area contributed by atoms with Crippen molar-refractivity contribution in [3.05, 3.63) is 69.9 Å². The third kappa shape index (κ3) is 10.8. The average Bonchev–Trinajstić information content (AvgIpc) is 2.66. The number of hydrogen-bond acceptors (Lipinski definition) is 4. The molecule has 0 aliphatic rings. The second-order valence-electron chi connectivity index (χ2n) is 5.89. The van der Waals surface area contributed by atoms with Crippen molar-refractivity contribution in [2.45, 2.75) is 38.5 Å². The molecule has 0 bridgehead atoms. The highest BCUT2D eigenvalue weighted by Crippen LogP contribution is 2.11. The normalized spacial score (nSPS) is 10.3. The van der Waals surface area contributed by atoms with E-state index in [2.05, 4.69) is 21.2 Å². The zero-order valence-electron chi connectivity index (χ0n) is 15.0. The van der Waals surface area contributed by atoms with Crippen LogP contribution in [0.3, 0.4) is 0 Å². The molecular weight excluding hydrogens is 415 g/mol. The first kappa shape index (κ1) is 23.2. The van der Waals surface area contributed by atoms with E-state index in [1.54, 1.807) is 24.3 Å². The fourth-order valence-corrected chi connectivity index (χ4v) is 2.38. The number of carbonyl (C=O) groups is 1. The lowest BCUT2D eigenvalue weighted by Gasteiger charge is -2.28. The molecular formula is C20H24BrFN2O3-2. The SMILES string of the molecule is NCCCCCC(=O)NCc1ccc(F)cc1.[O-]C([O-])c1ccc(Br)cc1. The molecule has 2 aromatic rings. The number of nitrogens with one attached hydrogen (secondary N) is 1. The molecule has 0 aliphatic carbocycles. The van der Waals surface area contributed by atoms with E-state index in [0.717, 1.165) is 29.3 Å². The van der Waals surface area contributed by atoms with Crippen molar-refractivity contribution in [1.29, 1.82) is 0 Å². The molecule has 0 radical (unpaired) electrons. The van der Waals surface area contributed by atoms with E-state index in [4.69, 9.17) is 5.73 Å². The molecule has 1 amide bonds. The van der Waals surface area contributed by atoms with Gasteiger partial charge >= 0.3 is 0 Å². The van der Waals surface area contributed by atoms with Crippen molar-refractivity contribution >= 4 is 21.8 Å². The fourth-order valence-electron chi connectivity index (χ4n) is 2.12. The van der Waals surface area contributed by atoms with Crippen LogP contribution in [0.5, 0.6) is 0 Å². The van der Waals surface area contributed by atoms with E-state index < -0.39 is 6.29 Å². The highest BCUT2D eigenvalue weighted by atomic mass is 79.9. The van der Waals surface area contributed by atoms with Crippen LogP contribution in [0.15, 0.2) is 53.0 Å². The summed E-state index contributed by atoms with van der Waals surface area (Å²) in [5, 5.41) is 23.3. The number of benzene rings is 2. The van der Waals surface area contributed by atoms with E-state index in [1.807, 2.05) is 0 Å². The standard InChI is InChI=1S/C13H19FN2O.C7H5BrO2/c14-12-7-5-11(6-8-12)10-16-13(17)4-2-1-3-9-15;8-6-3-1-5(2-4-6)7(9)10/h5-8H,1-4,9-10,15H2,(H,16,17);1-4,7H/q;-2. The van der Waals surface area contributed by atoms with Crippen molar-refractivity contribution in [2.24, 2.45) is 5.73 Å². The molecule has 0 unspecified atom stereocenters. The molecule has 5 nitrogen and oxygen atoms in total. The number of rotatable bonds is 8. The van der Waals surface area contributed by atoms with Gasteiger partial charge in [0.25, 0.3) is 0 Å². The smallest absolute Gasteiger partial charge is 0.220 e. The predicted molar refractivity (Wildman–Crippen MR) is 103 cm³/mol. The van der Waals surface area contributed by atoms with Gasteiger partial charge in [-0.05, 0) is 49.2 Å². The molecule has 0 spiro atoms. The summed E-state index contributed by atoms with van der Waals surface area (Å²) in [6.07, 6.45) is 1.48. The minimum atomic E-state index is -1.87. The first-order chi connectivity index (χ1) is 12.9. The summed E-state index contributed by atoms with van der Waals surface area (Å²) >= 11 is 3.19. The maximum absolute atomic E-state index is 12.6. The maximum atomic E-state index is 12.6. The molecule has 27 heavy (non-hydrogen) atoms. The van der Waals surface area contributed by atoms with Crippen LogP contribution >= 0.6 is 15.9 Å². The van der Waals surface area contributed by atoms with E-state index in [1.165, 1.54) is 24.3 Å². The van der Waals surface area contributed by atoms with Crippen molar-refractivity contribution in [3.8, 4) is 0 Å². The number of nitrogens with two attached hydrogens (primary N) is 1. The summed E-state index contributed by atoms with van der Waals surface area (Å²) < 4.78 is 13.5. The lowest BCUT2D eigenvalue weighted by molar-refractivity contribution is -0.668. The molecule has 7 heteroatoms. The van der Waals surface area contributed by atoms with Crippen molar-refractivity contribution in [1.82, 2.24) is 5.32 Å². The lowest BCUT2D eigenvalue weighted by Crippen LogP contribution is -2.28. The van der Waals surface area contributed by atoms with Crippen LogP contribution in [0.2, 0.25) is 0 Å². The predicted octanol–water partition coefficient (Wildman–Crippen LogP) is 2.13. The van der Waals surface area contributed by atoms with Gasteiger partial charge < -0.3 is 21.3 Å². The number of amides is 1. The van der Waals surface area contributed by atoms with Crippen LogP contribution in [0.1, 0.15) is 43.1 Å². The van der Waals surface area contributed by atoms with Gasteiger partial charge in [0, 0.05) is 17.4 Å². The maximum Gasteiger partial charge on any atom is 0.220 e. The van der Waals surface area contributed by atoms with Gasteiger partial charge in [-0.3, -0.25) is 4.79 Å². The first-order valence-electron chi connectivity index (χ1n) is 8.70. The largest absolute Gasteiger partial charge is 0.862 e. The molecule has 2 aromatic carbocycles. The molecule has 3 N–H and O–H groups in total. The Labute approximate surface area is 167 Å². The van der Waals surface area contributed by atoms with Crippen LogP contribution < -0.4 is 21.3 Å². The minimum absolute atomic E-state index is 0.0337. The molecule has 0 aliphatic heterocycles. The number of carbonyl (C=O) groups excluding carboxylic acids is 1. The second-order valence-corrected chi connectivity index (χ2v) is 6.80. The fraction of sp³-hybridized carbons (Fsp3) is 0.350. The van der Waals surface area contributed by atoms with Gasteiger partial charge in [-0.15, -0.1) is 0 Å². The zero-order valence-corrected chi connectivity index (χ0v) is 16.6. The Bertz CT molecular complexity index is 664. The van der Waals surface area contributed by atoms with Crippen LogP contribution in [-0.4, -0.2) is 12.5 Å². The molecule has 0 saturated carbocycles. The highest BCUT2D eigenvalue weighted by Gasteiger charge is 2.01. The third-order valence-corrected chi connectivity index (χ3v) is 4.18. The quantitative estimate of drug-likeness (QED) is 0.486. The molecule has 0 heterocycles. The van der Waals surface area contributed by atoms with Crippen molar-refractivity contribution in [2.75, 3.05) is 6.54 Å². The minimum Gasteiger partial charge on any atom is -0.862 e. The van der Waals surface area contributed by atoms with Gasteiger partial charge in [0.2, 0.25) is 5.91 Å². The Hall–Kier alpha value is -1.80. The van der Waals surface area contributed by atoms with E-state index in [-0.39, 0.29) is 17.3 Å². The molecule has 148 valence electrons. The van der Waals surface area contributed by atoms with Gasteiger partial charge in [-0.1, -0.05) is 52.2 Å². The van der Waals surface area contributed by atoms with E-state index >= 15 is 0 Å². The summed E-state index contributed by atoms with van der Waals surface area (Å²) in [7, 11) is 0. The average molecular weight is 439 g/mol. The Morgan fingerprint density at radius 2 is 1.67 bits per heavy atom. The van der Waals surface area contributed by atoms with Crippen molar-refractivity contribution in [3.63, 3.8) is 0 Å².